The second kappa shape index (κ2) is 12.1. The van der Waals surface area contributed by atoms with Crippen molar-refractivity contribution in [3.8, 4) is 6.07 Å². The number of anilines is 2. The van der Waals surface area contributed by atoms with Crippen LogP contribution in [0, 0.1) is 18.3 Å². The summed E-state index contributed by atoms with van der Waals surface area (Å²) in [5, 5.41) is 19.5. The van der Waals surface area contributed by atoms with Gasteiger partial charge in [0.15, 0.2) is 11.6 Å². The van der Waals surface area contributed by atoms with Crippen molar-refractivity contribution < 1.29 is 23.6 Å². The first kappa shape index (κ1) is 29.4. The highest BCUT2D eigenvalue weighted by atomic mass is 32.2. The molecule has 0 saturated heterocycles. The quantitative estimate of drug-likeness (QED) is 0.201. The molecule has 0 fully saturated rings. The van der Waals surface area contributed by atoms with E-state index in [0.29, 0.717) is 44.6 Å². The molecule has 1 aliphatic heterocycles. The Bertz CT molecular complexity index is 2000. The third-order valence-corrected chi connectivity index (χ3v) is 8.57. The number of nitrogens with one attached hydrogen (secondary N) is 3. The molecular formula is C35H26N4O5S. The number of dihydropyridines is 1. The predicted octanol–water partition coefficient (Wildman–Crippen LogP) is 6.07. The topological polar surface area (TPSA) is 141 Å². The third kappa shape index (κ3) is 5.69. The molecule has 1 aromatic heterocycles. The number of nitrogens with zero attached hydrogens (tertiary/aromatic N) is 1. The highest BCUT2D eigenvalue weighted by molar-refractivity contribution is 8.03. The number of aryl methyl sites for hydroxylation is 1. The minimum absolute atomic E-state index is 0.0801. The molecule has 222 valence electrons. The lowest BCUT2D eigenvalue weighted by atomic mass is 9.84. The van der Waals surface area contributed by atoms with E-state index >= 15 is 0 Å². The zero-order chi connectivity index (χ0) is 31.7. The van der Waals surface area contributed by atoms with Crippen molar-refractivity contribution >= 4 is 46.5 Å². The third-order valence-electron chi connectivity index (χ3n) is 7.55. The minimum Gasteiger partial charge on any atom is -0.468 e. The Labute approximate surface area is 263 Å². The van der Waals surface area contributed by atoms with Gasteiger partial charge in [-0.05, 0) is 61.9 Å². The molecule has 0 spiro atoms. The van der Waals surface area contributed by atoms with Crippen molar-refractivity contribution in [2.24, 2.45) is 0 Å². The van der Waals surface area contributed by atoms with E-state index in [0.717, 1.165) is 17.3 Å². The largest absolute Gasteiger partial charge is 0.468 e. The zero-order valence-electron chi connectivity index (χ0n) is 24.3. The second-order valence-electron chi connectivity index (χ2n) is 10.6. The summed E-state index contributed by atoms with van der Waals surface area (Å²) < 4.78 is 5.67. The molecular weight excluding hydrogens is 588 g/mol. The Kier molecular flexibility index (Phi) is 7.94. The van der Waals surface area contributed by atoms with Crippen LogP contribution in [0.25, 0.3) is 0 Å². The Morgan fingerprint density at radius 1 is 0.867 bits per heavy atom. The summed E-state index contributed by atoms with van der Waals surface area (Å²) in [7, 11) is 0. The number of thioether (sulfide) groups is 1. The lowest BCUT2D eigenvalue weighted by Gasteiger charge is -2.28. The molecule has 3 N–H and O–H groups in total. The maximum Gasteiger partial charge on any atom is 0.254 e. The molecule has 1 atom stereocenters. The van der Waals surface area contributed by atoms with Gasteiger partial charge in [0, 0.05) is 39.3 Å². The van der Waals surface area contributed by atoms with Crippen LogP contribution in [-0.2, 0) is 9.59 Å². The Balaban J connectivity index is 1.20. The molecule has 2 amide bonds. The number of allylic oxidation sites excluding steroid dienone is 2. The molecule has 0 radical (unpaired) electrons. The maximum absolute atomic E-state index is 13.5. The number of benzene rings is 3. The molecule has 45 heavy (non-hydrogen) atoms. The molecule has 3 aromatic carbocycles. The first-order chi connectivity index (χ1) is 21.7. The Morgan fingerprint density at radius 3 is 2.27 bits per heavy atom. The number of hydrogen-bond acceptors (Lipinski definition) is 8. The van der Waals surface area contributed by atoms with Crippen molar-refractivity contribution in [3.63, 3.8) is 0 Å². The Hall–Kier alpha value is -5.66. The van der Waals surface area contributed by atoms with Crippen molar-refractivity contribution in [3.05, 3.63) is 141 Å². The van der Waals surface area contributed by atoms with Gasteiger partial charge in [0.2, 0.25) is 5.91 Å². The first-order valence-corrected chi connectivity index (χ1v) is 15.0. The second-order valence-corrected chi connectivity index (χ2v) is 11.6. The molecule has 4 aromatic rings. The smallest absolute Gasteiger partial charge is 0.254 e. The molecule has 1 unspecified atom stereocenters. The summed E-state index contributed by atoms with van der Waals surface area (Å²) in [5.41, 5.74) is 4.25. The van der Waals surface area contributed by atoms with Crippen LogP contribution < -0.4 is 16.0 Å². The van der Waals surface area contributed by atoms with E-state index in [1.807, 2.05) is 25.1 Å². The van der Waals surface area contributed by atoms with Crippen LogP contribution in [0.4, 0.5) is 11.4 Å². The van der Waals surface area contributed by atoms with E-state index in [-0.39, 0.29) is 45.8 Å². The van der Waals surface area contributed by atoms with E-state index in [9.17, 15) is 24.4 Å². The Morgan fingerprint density at radius 2 is 1.58 bits per heavy atom. The van der Waals surface area contributed by atoms with Gasteiger partial charge in [0.1, 0.15) is 5.76 Å². The molecule has 0 bridgehead atoms. The summed E-state index contributed by atoms with van der Waals surface area (Å²) in [6.45, 7) is 3.66. The van der Waals surface area contributed by atoms with Crippen molar-refractivity contribution in [1.29, 1.82) is 5.26 Å². The standard InChI is InChI=1S/C35H26N4O5S/c1-19-7-5-8-21(15-19)39-34(43)30-20(2)37-35(27(17-36)31(30)28-11-6-14-44-28)45-18-29(40)38-22-12-13-25-26(16-22)33(42)24-10-4-3-9-23(24)32(25)41/h3-16,31,37H,18H2,1-2H3,(H,38,40)(H,39,43). The van der Waals surface area contributed by atoms with Crippen LogP contribution in [-0.4, -0.2) is 29.1 Å². The lowest BCUT2D eigenvalue weighted by molar-refractivity contribution is -0.114. The number of amides is 2. The van der Waals surface area contributed by atoms with Crippen LogP contribution in [0.2, 0.25) is 0 Å². The van der Waals surface area contributed by atoms with Crippen LogP contribution >= 0.6 is 11.8 Å². The molecule has 9 nitrogen and oxygen atoms in total. The number of rotatable bonds is 7. The number of furan rings is 1. The van der Waals surface area contributed by atoms with Gasteiger partial charge in [-0.25, -0.2) is 0 Å². The van der Waals surface area contributed by atoms with Crippen molar-refractivity contribution in [2.75, 3.05) is 16.4 Å². The van der Waals surface area contributed by atoms with E-state index in [4.69, 9.17) is 4.42 Å². The molecule has 1 aliphatic carbocycles. The van der Waals surface area contributed by atoms with Gasteiger partial charge in [-0.15, -0.1) is 0 Å². The van der Waals surface area contributed by atoms with Gasteiger partial charge in [0.25, 0.3) is 5.91 Å². The van der Waals surface area contributed by atoms with Crippen LogP contribution in [0.3, 0.4) is 0 Å². The molecule has 6 rings (SSSR count). The molecule has 2 aliphatic rings. The van der Waals surface area contributed by atoms with Crippen LogP contribution in [0.5, 0.6) is 0 Å². The average molecular weight is 615 g/mol. The normalized spacial score (nSPS) is 15.5. The van der Waals surface area contributed by atoms with Gasteiger partial charge in [-0.1, -0.05) is 48.2 Å². The molecule has 2 heterocycles. The number of carbonyl (C=O) groups excluding carboxylic acids is 4. The summed E-state index contributed by atoms with van der Waals surface area (Å²) >= 11 is 1.11. The van der Waals surface area contributed by atoms with Crippen LogP contribution in [0.15, 0.2) is 111 Å². The number of fused-ring (bicyclic) bond motifs is 2. The van der Waals surface area contributed by atoms with E-state index < -0.39 is 5.92 Å². The highest BCUT2D eigenvalue weighted by Crippen LogP contribution is 2.41. The van der Waals surface area contributed by atoms with Gasteiger partial charge < -0.3 is 20.4 Å². The highest BCUT2D eigenvalue weighted by Gasteiger charge is 2.37. The summed E-state index contributed by atoms with van der Waals surface area (Å²) in [6, 6.07) is 24.3. The fourth-order valence-corrected chi connectivity index (χ4v) is 6.39. The average Bonchev–Trinajstić information content (AvgIpc) is 3.57. The van der Waals surface area contributed by atoms with Gasteiger partial charge in [0.05, 0.1) is 40.2 Å². The SMILES string of the molecule is CC1=C(C(=O)Nc2cccc(C)c2)C(c2ccco2)C(C#N)=C(SCC(=O)Nc2ccc3c(c2)C(=O)c2ccccc2C3=O)N1. The van der Waals surface area contributed by atoms with Gasteiger partial charge in [-0.2, -0.15) is 5.26 Å². The number of ketones is 2. The first-order valence-electron chi connectivity index (χ1n) is 14.0. The number of hydrogen-bond donors (Lipinski definition) is 3. The number of carbonyl (C=O) groups is 4. The number of nitriles is 1. The van der Waals surface area contributed by atoms with Crippen molar-refractivity contribution in [2.45, 2.75) is 19.8 Å². The monoisotopic (exact) mass is 614 g/mol. The van der Waals surface area contributed by atoms with Crippen molar-refractivity contribution in [1.82, 2.24) is 5.32 Å². The van der Waals surface area contributed by atoms with Crippen LogP contribution in [0.1, 0.15) is 56.0 Å². The molecule has 10 heteroatoms. The summed E-state index contributed by atoms with van der Waals surface area (Å²) in [5.74, 6) is -1.76. The van der Waals surface area contributed by atoms with Gasteiger partial charge in [-0.3, -0.25) is 19.2 Å². The maximum atomic E-state index is 13.5. The predicted molar refractivity (Wildman–Crippen MR) is 171 cm³/mol. The van der Waals surface area contributed by atoms with E-state index in [1.165, 1.54) is 12.3 Å². The minimum atomic E-state index is -0.798. The fraction of sp³-hybridized carbons (Fsp3) is 0.114. The molecule has 0 saturated carbocycles. The summed E-state index contributed by atoms with van der Waals surface area (Å²) in [4.78, 5) is 52.6. The zero-order valence-corrected chi connectivity index (χ0v) is 25.1. The van der Waals surface area contributed by atoms with E-state index in [1.54, 1.807) is 61.5 Å². The summed E-state index contributed by atoms with van der Waals surface area (Å²) in [6.07, 6.45) is 1.48. The van der Waals surface area contributed by atoms with Gasteiger partial charge >= 0.3 is 0 Å². The fourth-order valence-electron chi connectivity index (χ4n) is 5.50. The lowest BCUT2D eigenvalue weighted by Crippen LogP contribution is -2.31. The van der Waals surface area contributed by atoms with E-state index in [2.05, 4.69) is 22.0 Å².